The minimum Gasteiger partial charge on any atom is -0.442 e. The van der Waals surface area contributed by atoms with E-state index >= 15 is 0 Å². The standard InChI is InChI=1S/C18H12ClF4N3O3/c19-13-5-10(18(21,22)23)6-14(20)12(13)7-16(27)24-11-3-1-9(2-4-11)15-8-29-17(28)26-25-15/h1-6H,7-8H2,(H,24,27)(H,26,28). The third-order valence-corrected chi connectivity index (χ3v) is 4.27. The summed E-state index contributed by atoms with van der Waals surface area (Å²) in [5.74, 6) is -1.88. The number of nitrogens with zero attached hydrogens (tertiary/aromatic N) is 1. The normalized spacial score (nSPS) is 14.0. The summed E-state index contributed by atoms with van der Waals surface area (Å²) in [6.07, 6.45) is -5.95. The van der Waals surface area contributed by atoms with Crippen LogP contribution in [0, 0.1) is 5.82 Å². The van der Waals surface area contributed by atoms with Crippen LogP contribution >= 0.6 is 11.6 Å². The SMILES string of the molecule is O=C(Cc1c(F)cc(C(F)(F)F)cc1Cl)Nc1ccc(C2=NNC(=O)OC2)cc1. The maximum Gasteiger partial charge on any atom is 0.428 e. The highest BCUT2D eigenvalue weighted by atomic mass is 35.5. The van der Waals surface area contributed by atoms with Crippen molar-refractivity contribution in [3.8, 4) is 0 Å². The molecule has 2 N–H and O–H groups in total. The molecule has 0 aromatic heterocycles. The van der Waals surface area contributed by atoms with Crippen LogP contribution in [0.4, 0.5) is 28.0 Å². The van der Waals surface area contributed by atoms with Crippen molar-refractivity contribution in [3.05, 3.63) is 63.9 Å². The largest absolute Gasteiger partial charge is 0.442 e. The Bertz CT molecular complexity index is 968. The number of alkyl halides is 3. The first-order chi connectivity index (χ1) is 13.6. The van der Waals surface area contributed by atoms with E-state index in [0.717, 1.165) is 0 Å². The number of hydrazone groups is 1. The monoisotopic (exact) mass is 429 g/mol. The molecule has 11 heteroatoms. The Labute approximate surface area is 166 Å². The number of carbonyl (C=O) groups is 2. The number of halogens is 5. The Morgan fingerprint density at radius 3 is 2.48 bits per heavy atom. The number of anilines is 1. The average molecular weight is 430 g/mol. The summed E-state index contributed by atoms with van der Waals surface area (Å²) in [7, 11) is 0. The summed E-state index contributed by atoms with van der Waals surface area (Å²) in [5.41, 5.74) is 2.08. The van der Waals surface area contributed by atoms with Crippen LogP contribution in [0.3, 0.4) is 0 Å². The Kier molecular flexibility index (Phi) is 5.73. The molecule has 0 radical (unpaired) electrons. The van der Waals surface area contributed by atoms with E-state index in [9.17, 15) is 27.2 Å². The molecule has 2 amide bonds. The van der Waals surface area contributed by atoms with Gasteiger partial charge in [-0.1, -0.05) is 23.7 Å². The Balaban J connectivity index is 1.68. The van der Waals surface area contributed by atoms with Gasteiger partial charge in [0.05, 0.1) is 12.0 Å². The molecule has 2 aromatic carbocycles. The number of hydrogen-bond donors (Lipinski definition) is 2. The van der Waals surface area contributed by atoms with Crippen LogP contribution < -0.4 is 10.7 Å². The van der Waals surface area contributed by atoms with Crippen molar-refractivity contribution in [3.63, 3.8) is 0 Å². The molecule has 0 atom stereocenters. The molecule has 0 aliphatic carbocycles. The Hall–Kier alpha value is -3.14. The van der Waals surface area contributed by atoms with Crippen molar-refractivity contribution in [2.75, 3.05) is 11.9 Å². The van der Waals surface area contributed by atoms with Gasteiger partial charge < -0.3 is 10.1 Å². The molecule has 1 aliphatic rings. The van der Waals surface area contributed by atoms with E-state index in [1.54, 1.807) is 12.1 Å². The quantitative estimate of drug-likeness (QED) is 0.717. The van der Waals surface area contributed by atoms with Gasteiger partial charge in [-0.25, -0.2) is 14.6 Å². The van der Waals surface area contributed by atoms with E-state index in [2.05, 4.69) is 15.8 Å². The molecule has 0 saturated carbocycles. The summed E-state index contributed by atoms with van der Waals surface area (Å²) in [6, 6.07) is 7.18. The molecule has 1 heterocycles. The maximum atomic E-state index is 14.0. The lowest BCUT2D eigenvalue weighted by molar-refractivity contribution is -0.137. The first-order valence-electron chi connectivity index (χ1n) is 8.08. The van der Waals surface area contributed by atoms with Gasteiger partial charge in [-0.15, -0.1) is 0 Å². The fraction of sp³-hybridized carbons (Fsp3) is 0.167. The minimum atomic E-state index is -4.75. The van der Waals surface area contributed by atoms with Crippen LogP contribution in [0.2, 0.25) is 5.02 Å². The molecular formula is C18H12ClF4N3O3. The fourth-order valence-corrected chi connectivity index (χ4v) is 2.78. The Morgan fingerprint density at radius 2 is 1.93 bits per heavy atom. The third-order valence-electron chi connectivity index (χ3n) is 3.93. The fourth-order valence-electron chi connectivity index (χ4n) is 2.51. The second-order valence-electron chi connectivity index (χ2n) is 5.96. The number of rotatable bonds is 4. The second kappa shape index (κ2) is 8.08. The lowest BCUT2D eigenvalue weighted by Gasteiger charge is -2.14. The van der Waals surface area contributed by atoms with Gasteiger partial charge >= 0.3 is 12.3 Å². The number of carbonyl (C=O) groups excluding carboxylic acids is 2. The van der Waals surface area contributed by atoms with Gasteiger partial charge in [0.1, 0.15) is 18.1 Å². The Morgan fingerprint density at radius 1 is 1.24 bits per heavy atom. The summed E-state index contributed by atoms with van der Waals surface area (Å²) in [5, 5.41) is 5.85. The highest BCUT2D eigenvalue weighted by Crippen LogP contribution is 2.33. The van der Waals surface area contributed by atoms with Crippen molar-refractivity contribution >= 4 is 35.0 Å². The lowest BCUT2D eigenvalue weighted by atomic mass is 10.1. The van der Waals surface area contributed by atoms with E-state index in [1.807, 2.05) is 0 Å². The maximum absolute atomic E-state index is 14.0. The number of nitrogens with one attached hydrogen (secondary N) is 2. The van der Waals surface area contributed by atoms with E-state index in [0.29, 0.717) is 29.1 Å². The molecule has 0 spiro atoms. The van der Waals surface area contributed by atoms with Gasteiger partial charge in [0.25, 0.3) is 0 Å². The first-order valence-corrected chi connectivity index (χ1v) is 8.46. The highest BCUT2D eigenvalue weighted by Gasteiger charge is 2.32. The van der Waals surface area contributed by atoms with Gasteiger partial charge in [0, 0.05) is 21.8 Å². The van der Waals surface area contributed by atoms with Crippen molar-refractivity contribution in [2.45, 2.75) is 12.6 Å². The van der Waals surface area contributed by atoms with Crippen molar-refractivity contribution in [1.82, 2.24) is 5.43 Å². The molecule has 1 aliphatic heterocycles. The van der Waals surface area contributed by atoms with Gasteiger partial charge in [0.15, 0.2) is 0 Å². The molecule has 0 bridgehead atoms. The van der Waals surface area contributed by atoms with Crippen molar-refractivity contribution in [2.24, 2.45) is 5.10 Å². The second-order valence-corrected chi connectivity index (χ2v) is 6.37. The molecule has 6 nitrogen and oxygen atoms in total. The van der Waals surface area contributed by atoms with Crippen LogP contribution in [0.1, 0.15) is 16.7 Å². The molecular weight excluding hydrogens is 418 g/mol. The van der Waals surface area contributed by atoms with Gasteiger partial charge in [-0.2, -0.15) is 18.3 Å². The van der Waals surface area contributed by atoms with Crippen LogP contribution in [-0.4, -0.2) is 24.3 Å². The van der Waals surface area contributed by atoms with Gasteiger partial charge in [0.2, 0.25) is 5.91 Å². The van der Waals surface area contributed by atoms with Crippen LogP contribution in [0.15, 0.2) is 41.5 Å². The number of cyclic esters (lactones) is 1. The van der Waals surface area contributed by atoms with Gasteiger partial charge in [-0.3, -0.25) is 4.79 Å². The minimum absolute atomic E-state index is 0.0107. The topological polar surface area (TPSA) is 79.8 Å². The highest BCUT2D eigenvalue weighted by molar-refractivity contribution is 6.31. The third kappa shape index (κ3) is 5.02. The average Bonchev–Trinajstić information content (AvgIpc) is 2.65. The van der Waals surface area contributed by atoms with E-state index < -0.39 is 41.0 Å². The van der Waals surface area contributed by atoms with Crippen LogP contribution in [0.5, 0.6) is 0 Å². The van der Waals surface area contributed by atoms with E-state index in [1.165, 1.54) is 12.1 Å². The molecule has 0 unspecified atom stereocenters. The van der Waals surface area contributed by atoms with Gasteiger partial charge in [-0.05, 0) is 24.3 Å². The van der Waals surface area contributed by atoms with E-state index in [4.69, 9.17) is 16.3 Å². The lowest BCUT2D eigenvalue weighted by Crippen LogP contribution is -2.30. The van der Waals surface area contributed by atoms with E-state index in [-0.39, 0.29) is 12.2 Å². The predicted octanol–water partition coefficient (Wildman–Crippen LogP) is 4.12. The summed E-state index contributed by atoms with van der Waals surface area (Å²) >= 11 is 5.73. The number of hydrogen-bond acceptors (Lipinski definition) is 4. The summed E-state index contributed by atoms with van der Waals surface area (Å²) < 4.78 is 56.8. The van der Waals surface area contributed by atoms with Crippen LogP contribution in [0.25, 0.3) is 0 Å². The zero-order valence-electron chi connectivity index (χ0n) is 14.4. The number of benzene rings is 2. The van der Waals surface area contributed by atoms with Crippen LogP contribution in [-0.2, 0) is 22.1 Å². The van der Waals surface area contributed by atoms with Crippen molar-refractivity contribution < 1.29 is 31.9 Å². The molecule has 0 fully saturated rings. The number of ether oxygens (including phenoxy) is 1. The molecule has 152 valence electrons. The zero-order valence-corrected chi connectivity index (χ0v) is 15.2. The molecule has 2 aromatic rings. The molecule has 3 rings (SSSR count). The molecule has 0 saturated heterocycles. The number of amides is 2. The summed E-state index contributed by atoms with van der Waals surface area (Å²) in [6.45, 7) is -0.0107. The van der Waals surface area contributed by atoms with Crippen molar-refractivity contribution in [1.29, 1.82) is 0 Å². The summed E-state index contributed by atoms with van der Waals surface area (Å²) in [4.78, 5) is 23.0. The smallest absolute Gasteiger partial charge is 0.428 e. The molecule has 29 heavy (non-hydrogen) atoms. The predicted molar refractivity (Wildman–Crippen MR) is 96.2 cm³/mol. The zero-order chi connectivity index (χ0) is 21.2. The first kappa shape index (κ1) is 20.6.